The summed E-state index contributed by atoms with van der Waals surface area (Å²) in [6, 6.07) is 9.39. The van der Waals surface area contributed by atoms with Crippen LogP contribution in [-0.4, -0.2) is 33.3 Å². The van der Waals surface area contributed by atoms with Crippen molar-refractivity contribution in [3.63, 3.8) is 0 Å². The highest BCUT2D eigenvalue weighted by molar-refractivity contribution is 7.89. The van der Waals surface area contributed by atoms with Crippen molar-refractivity contribution in [3.05, 3.63) is 42.0 Å². The summed E-state index contributed by atoms with van der Waals surface area (Å²) in [5.41, 5.74) is 0.434. The molecule has 0 radical (unpaired) electrons. The molecule has 22 heavy (non-hydrogen) atoms. The summed E-state index contributed by atoms with van der Waals surface area (Å²) in [5, 5.41) is 10.3. The number of hydrogen-bond donors (Lipinski definition) is 3. The average Bonchev–Trinajstić information content (AvgIpc) is 2.40. The minimum absolute atomic E-state index is 0.186. The summed E-state index contributed by atoms with van der Waals surface area (Å²) in [7, 11) is -3.56. The summed E-state index contributed by atoms with van der Waals surface area (Å²) >= 11 is 0. The molecule has 1 aromatic rings. The summed E-state index contributed by atoms with van der Waals surface area (Å²) in [6.45, 7) is 4.06. The van der Waals surface area contributed by atoms with Crippen LogP contribution in [-0.2, 0) is 10.0 Å². The molecule has 0 saturated heterocycles. The quantitative estimate of drug-likeness (QED) is 0.704. The van der Waals surface area contributed by atoms with Crippen LogP contribution in [0.1, 0.15) is 19.4 Å². The molecule has 7 heteroatoms. The van der Waals surface area contributed by atoms with E-state index in [0.29, 0.717) is 6.54 Å². The fourth-order valence-corrected chi connectivity index (χ4v) is 3.08. The molecule has 0 unspecified atom stereocenters. The third kappa shape index (κ3) is 8.43. The highest BCUT2D eigenvalue weighted by atomic mass is 32.2. The zero-order valence-electron chi connectivity index (χ0n) is 12.9. The number of primary sulfonamides is 1. The van der Waals surface area contributed by atoms with Crippen LogP contribution in [0.5, 0.6) is 0 Å². The van der Waals surface area contributed by atoms with E-state index in [1.54, 1.807) is 13.8 Å². The number of carbonyl (C=O) groups excluding carboxylic acids is 1. The molecule has 0 aliphatic carbocycles. The van der Waals surface area contributed by atoms with Crippen molar-refractivity contribution in [2.24, 2.45) is 10.6 Å². The van der Waals surface area contributed by atoms with Gasteiger partial charge < -0.3 is 10.6 Å². The lowest BCUT2D eigenvalue weighted by Crippen LogP contribution is -2.43. The van der Waals surface area contributed by atoms with Crippen molar-refractivity contribution in [2.75, 3.05) is 18.8 Å². The maximum Gasteiger partial charge on any atom is 0.315 e. The highest BCUT2D eigenvalue weighted by Crippen LogP contribution is 2.15. The van der Waals surface area contributed by atoms with Crippen molar-refractivity contribution in [3.8, 4) is 0 Å². The number of sulfonamides is 1. The second kappa shape index (κ2) is 7.95. The summed E-state index contributed by atoms with van der Waals surface area (Å²) in [4.78, 5) is 11.6. The van der Waals surface area contributed by atoms with Crippen LogP contribution >= 0.6 is 0 Å². The Bertz CT molecular complexity index is 610. The zero-order valence-corrected chi connectivity index (χ0v) is 13.7. The minimum Gasteiger partial charge on any atom is -0.338 e. The van der Waals surface area contributed by atoms with Crippen molar-refractivity contribution in [2.45, 2.75) is 13.8 Å². The van der Waals surface area contributed by atoms with Crippen molar-refractivity contribution in [1.82, 2.24) is 10.6 Å². The van der Waals surface area contributed by atoms with E-state index in [2.05, 4.69) is 10.6 Å². The van der Waals surface area contributed by atoms with Gasteiger partial charge in [-0.05, 0) is 11.0 Å². The molecule has 6 nitrogen and oxygen atoms in total. The first-order valence-corrected chi connectivity index (χ1v) is 8.63. The standard InChI is InChI=1S/C15H23N3O3S/c1-15(2,12-22(16,20)21)11-18-14(19)17-10-6-9-13-7-4-3-5-8-13/h3-9H,10-12H2,1-2H3,(H2,16,20,21)(H2,17,18,19)/b9-6+. The van der Waals surface area contributed by atoms with Gasteiger partial charge in [-0.15, -0.1) is 0 Å². The van der Waals surface area contributed by atoms with E-state index in [0.717, 1.165) is 5.56 Å². The van der Waals surface area contributed by atoms with Crippen LogP contribution in [0.2, 0.25) is 0 Å². The zero-order chi connectivity index (χ0) is 16.6. The molecular formula is C15H23N3O3S. The van der Waals surface area contributed by atoms with Crippen LogP contribution in [0, 0.1) is 5.41 Å². The topological polar surface area (TPSA) is 101 Å². The molecule has 2 amide bonds. The smallest absolute Gasteiger partial charge is 0.315 e. The number of nitrogens with one attached hydrogen (secondary N) is 2. The predicted octanol–water partition coefficient (Wildman–Crippen LogP) is 1.31. The Kier molecular flexibility index (Phi) is 6.58. The number of amides is 2. The van der Waals surface area contributed by atoms with Gasteiger partial charge in [0.25, 0.3) is 0 Å². The highest BCUT2D eigenvalue weighted by Gasteiger charge is 2.24. The Labute approximate surface area is 131 Å². The molecule has 0 aromatic heterocycles. The van der Waals surface area contributed by atoms with Gasteiger partial charge in [-0.25, -0.2) is 18.4 Å². The molecule has 0 spiro atoms. The van der Waals surface area contributed by atoms with Crippen molar-refractivity contribution in [1.29, 1.82) is 0 Å². The van der Waals surface area contributed by atoms with Gasteiger partial charge in [-0.3, -0.25) is 0 Å². The van der Waals surface area contributed by atoms with Crippen LogP contribution in [0.4, 0.5) is 4.79 Å². The lowest BCUT2D eigenvalue weighted by Gasteiger charge is -2.23. The van der Waals surface area contributed by atoms with Gasteiger partial charge in [-0.1, -0.05) is 56.3 Å². The van der Waals surface area contributed by atoms with Gasteiger partial charge in [-0.2, -0.15) is 0 Å². The summed E-state index contributed by atoms with van der Waals surface area (Å²) in [6.07, 6.45) is 3.75. The third-order valence-electron chi connectivity index (χ3n) is 2.81. The largest absolute Gasteiger partial charge is 0.338 e. The predicted molar refractivity (Wildman–Crippen MR) is 88.6 cm³/mol. The molecular weight excluding hydrogens is 302 g/mol. The van der Waals surface area contributed by atoms with Crippen molar-refractivity contribution < 1.29 is 13.2 Å². The minimum atomic E-state index is -3.56. The Morgan fingerprint density at radius 1 is 1.23 bits per heavy atom. The monoisotopic (exact) mass is 325 g/mol. The van der Waals surface area contributed by atoms with Crippen LogP contribution < -0.4 is 15.8 Å². The Morgan fingerprint density at radius 2 is 1.86 bits per heavy atom. The SMILES string of the molecule is CC(C)(CNC(=O)NC/C=C/c1ccccc1)CS(N)(=O)=O. The van der Waals surface area contributed by atoms with E-state index < -0.39 is 15.4 Å². The van der Waals surface area contributed by atoms with E-state index in [4.69, 9.17) is 5.14 Å². The van der Waals surface area contributed by atoms with Crippen molar-refractivity contribution >= 4 is 22.1 Å². The fraction of sp³-hybridized carbons (Fsp3) is 0.400. The average molecular weight is 325 g/mol. The lowest BCUT2D eigenvalue weighted by molar-refractivity contribution is 0.236. The van der Waals surface area contributed by atoms with Gasteiger partial charge in [0.05, 0.1) is 5.75 Å². The van der Waals surface area contributed by atoms with E-state index >= 15 is 0 Å². The number of rotatable bonds is 7. The summed E-state index contributed by atoms with van der Waals surface area (Å²) < 4.78 is 22.2. The molecule has 0 heterocycles. The van der Waals surface area contributed by atoms with Gasteiger partial charge in [0.15, 0.2) is 0 Å². The maximum absolute atomic E-state index is 11.6. The first kappa shape index (κ1) is 18.2. The lowest BCUT2D eigenvalue weighted by atomic mass is 9.97. The van der Waals surface area contributed by atoms with E-state index in [-0.39, 0.29) is 18.3 Å². The van der Waals surface area contributed by atoms with Crippen LogP contribution in [0.25, 0.3) is 6.08 Å². The van der Waals surface area contributed by atoms with E-state index in [9.17, 15) is 13.2 Å². The Balaban J connectivity index is 2.30. The third-order valence-corrected chi connectivity index (χ3v) is 3.99. The second-order valence-electron chi connectivity index (χ2n) is 5.85. The van der Waals surface area contributed by atoms with Gasteiger partial charge in [0.2, 0.25) is 10.0 Å². The molecule has 1 rings (SSSR count). The number of urea groups is 1. The first-order valence-electron chi connectivity index (χ1n) is 6.92. The van der Waals surface area contributed by atoms with Gasteiger partial charge in [0, 0.05) is 13.1 Å². The van der Waals surface area contributed by atoms with Gasteiger partial charge >= 0.3 is 6.03 Å². The molecule has 0 bridgehead atoms. The fourth-order valence-electron chi connectivity index (χ4n) is 1.89. The number of carbonyl (C=O) groups is 1. The van der Waals surface area contributed by atoms with E-state index in [1.807, 2.05) is 42.5 Å². The molecule has 0 saturated carbocycles. The van der Waals surface area contributed by atoms with Crippen LogP contribution in [0.3, 0.4) is 0 Å². The Morgan fingerprint density at radius 3 is 2.45 bits per heavy atom. The number of benzene rings is 1. The van der Waals surface area contributed by atoms with Crippen LogP contribution in [0.15, 0.2) is 36.4 Å². The number of nitrogens with two attached hydrogens (primary N) is 1. The molecule has 1 aromatic carbocycles. The Hall–Kier alpha value is -1.86. The molecule has 122 valence electrons. The molecule has 0 atom stereocenters. The van der Waals surface area contributed by atoms with E-state index in [1.165, 1.54) is 0 Å². The molecule has 0 fully saturated rings. The number of hydrogen-bond acceptors (Lipinski definition) is 3. The summed E-state index contributed by atoms with van der Waals surface area (Å²) in [5.74, 6) is -0.186. The maximum atomic E-state index is 11.6. The normalized spacial score (nSPS) is 12.3. The second-order valence-corrected chi connectivity index (χ2v) is 7.46. The van der Waals surface area contributed by atoms with Gasteiger partial charge in [0.1, 0.15) is 0 Å². The first-order chi connectivity index (χ1) is 10.2. The molecule has 0 aliphatic rings. The molecule has 0 aliphatic heterocycles. The molecule has 4 N–H and O–H groups in total.